The Morgan fingerprint density at radius 2 is 1.80 bits per heavy atom. The van der Waals surface area contributed by atoms with Gasteiger partial charge in [-0.25, -0.2) is 4.98 Å². The quantitative estimate of drug-likeness (QED) is 0.583. The summed E-state index contributed by atoms with van der Waals surface area (Å²) in [5, 5.41) is 1.02. The first-order valence-electron chi connectivity index (χ1n) is 10.1. The van der Waals surface area contributed by atoms with Gasteiger partial charge in [0, 0.05) is 24.2 Å². The maximum atomic E-state index is 13.3. The number of halogens is 1. The van der Waals surface area contributed by atoms with Gasteiger partial charge in [0.25, 0.3) is 11.5 Å². The van der Waals surface area contributed by atoms with Crippen molar-refractivity contribution in [3.63, 3.8) is 0 Å². The van der Waals surface area contributed by atoms with E-state index < -0.39 is 0 Å². The van der Waals surface area contributed by atoms with E-state index in [1.165, 1.54) is 10.1 Å². The van der Waals surface area contributed by atoms with Gasteiger partial charge < -0.3 is 4.90 Å². The van der Waals surface area contributed by atoms with Gasteiger partial charge in [0.2, 0.25) is 0 Å². The summed E-state index contributed by atoms with van der Waals surface area (Å²) < 4.78 is 1.51. The molecule has 0 fully saturated rings. The van der Waals surface area contributed by atoms with Crippen LogP contribution in [0.2, 0.25) is 5.02 Å². The molecule has 1 aromatic heterocycles. The SMILES string of the molecule is CCN(C(=O)c1ccc(C(C)(C)C)cc1)C(C)c1nc2cc(Cl)ccc2c(=O)n1C. The van der Waals surface area contributed by atoms with Gasteiger partial charge in [-0.15, -0.1) is 0 Å². The van der Waals surface area contributed by atoms with E-state index in [1.54, 1.807) is 30.1 Å². The molecule has 0 radical (unpaired) electrons. The zero-order valence-corrected chi connectivity index (χ0v) is 19.1. The Hall–Kier alpha value is -2.66. The highest BCUT2D eigenvalue weighted by Crippen LogP contribution is 2.25. The van der Waals surface area contributed by atoms with Gasteiger partial charge in [-0.2, -0.15) is 0 Å². The average molecular weight is 426 g/mol. The summed E-state index contributed by atoms with van der Waals surface area (Å²) in [6, 6.07) is 12.4. The lowest BCUT2D eigenvalue weighted by Crippen LogP contribution is -2.37. The predicted octanol–water partition coefficient (Wildman–Crippen LogP) is 5.11. The van der Waals surface area contributed by atoms with Gasteiger partial charge in [0.15, 0.2) is 0 Å². The summed E-state index contributed by atoms with van der Waals surface area (Å²) in [7, 11) is 1.69. The molecule has 6 heteroatoms. The van der Waals surface area contributed by atoms with Crippen LogP contribution in [0.3, 0.4) is 0 Å². The van der Waals surface area contributed by atoms with E-state index in [0.29, 0.717) is 33.9 Å². The number of carbonyl (C=O) groups excluding carboxylic acids is 1. The van der Waals surface area contributed by atoms with E-state index in [4.69, 9.17) is 11.6 Å². The lowest BCUT2D eigenvalue weighted by molar-refractivity contribution is 0.0692. The molecule has 1 amide bonds. The lowest BCUT2D eigenvalue weighted by Gasteiger charge is -2.29. The van der Waals surface area contributed by atoms with Crippen LogP contribution in [-0.4, -0.2) is 26.9 Å². The molecule has 0 saturated heterocycles. The van der Waals surface area contributed by atoms with Gasteiger partial charge in [0.1, 0.15) is 5.82 Å². The van der Waals surface area contributed by atoms with Crippen molar-refractivity contribution in [1.82, 2.24) is 14.5 Å². The smallest absolute Gasteiger partial charge is 0.261 e. The summed E-state index contributed by atoms with van der Waals surface area (Å²) in [6.45, 7) is 10.7. The molecule has 30 heavy (non-hydrogen) atoms. The Balaban J connectivity index is 2.00. The van der Waals surface area contributed by atoms with Gasteiger partial charge >= 0.3 is 0 Å². The first kappa shape index (κ1) is 22.0. The molecule has 0 aliphatic carbocycles. The fourth-order valence-corrected chi connectivity index (χ4v) is 3.81. The largest absolute Gasteiger partial charge is 0.329 e. The van der Waals surface area contributed by atoms with Crippen molar-refractivity contribution in [2.75, 3.05) is 6.54 Å². The molecule has 1 heterocycles. The van der Waals surface area contributed by atoms with Crippen LogP contribution >= 0.6 is 11.6 Å². The topological polar surface area (TPSA) is 55.2 Å². The summed E-state index contributed by atoms with van der Waals surface area (Å²) >= 11 is 6.09. The third kappa shape index (κ3) is 4.12. The van der Waals surface area contributed by atoms with Gasteiger partial charge in [-0.05, 0) is 55.2 Å². The Morgan fingerprint density at radius 3 is 2.37 bits per heavy atom. The van der Waals surface area contributed by atoms with Crippen LogP contribution in [-0.2, 0) is 12.5 Å². The number of hydrogen-bond donors (Lipinski definition) is 0. The lowest BCUT2D eigenvalue weighted by atomic mass is 9.86. The third-order valence-electron chi connectivity index (χ3n) is 5.51. The maximum absolute atomic E-state index is 13.3. The first-order chi connectivity index (χ1) is 14.0. The Kier molecular flexibility index (Phi) is 6.04. The Bertz CT molecular complexity index is 1140. The highest BCUT2D eigenvalue weighted by atomic mass is 35.5. The van der Waals surface area contributed by atoms with Crippen LogP contribution in [0.5, 0.6) is 0 Å². The molecule has 5 nitrogen and oxygen atoms in total. The van der Waals surface area contributed by atoms with Crippen molar-refractivity contribution in [3.05, 3.63) is 74.8 Å². The number of nitrogens with zero attached hydrogens (tertiary/aromatic N) is 3. The molecule has 158 valence electrons. The second-order valence-corrected chi connectivity index (χ2v) is 9.03. The highest BCUT2D eigenvalue weighted by molar-refractivity contribution is 6.31. The van der Waals surface area contributed by atoms with Crippen molar-refractivity contribution >= 4 is 28.4 Å². The number of benzene rings is 2. The minimum Gasteiger partial charge on any atom is -0.329 e. The monoisotopic (exact) mass is 425 g/mol. The third-order valence-corrected chi connectivity index (χ3v) is 5.75. The minimum absolute atomic E-state index is 0.0217. The second-order valence-electron chi connectivity index (χ2n) is 8.59. The molecule has 0 saturated carbocycles. The van der Waals surface area contributed by atoms with Crippen molar-refractivity contribution in [3.8, 4) is 0 Å². The zero-order valence-electron chi connectivity index (χ0n) is 18.4. The summed E-state index contributed by atoms with van der Waals surface area (Å²) in [5.41, 5.74) is 2.19. The summed E-state index contributed by atoms with van der Waals surface area (Å²) in [5.74, 6) is 0.433. The molecular formula is C24H28ClN3O2. The number of aromatic nitrogens is 2. The van der Waals surface area contributed by atoms with Crippen LogP contribution in [0.4, 0.5) is 0 Å². The molecule has 0 spiro atoms. The summed E-state index contributed by atoms with van der Waals surface area (Å²) in [4.78, 5) is 32.5. The number of hydrogen-bond acceptors (Lipinski definition) is 3. The average Bonchev–Trinajstić information content (AvgIpc) is 2.70. The molecule has 1 unspecified atom stereocenters. The summed E-state index contributed by atoms with van der Waals surface area (Å²) in [6.07, 6.45) is 0. The fraction of sp³-hybridized carbons (Fsp3) is 0.375. The molecule has 2 aromatic carbocycles. The number of rotatable bonds is 4. The molecule has 3 aromatic rings. The van der Waals surface area contributed by atoms with Crippen molar-refractivity contribution in [2.24, 2.45) is 7.05 Å². The molecular weight excluding hydrogens is 398 g/mol. The van der Waals surface area contributed by atoms with Gasteiger partial charge in [0.05, 0.1) is 16.9 Å². The molecule has 0 aliphatic rings. The van der Waals surface area contributed by atoms with Crippen LogP contribution in [0.25, 0.3) is 10.9 Å². The highest BCUT2D eigenvalue weighted by Gasteiger charge is 2.25. The molecule has 1 atom stereocenters. The van der Waals surface area contributed by atoms with Crippen LogP contribution in [0.1, 0.15) is 62.4 Å². The fourth-order valence-electron chi connectivity index (χ4n) is 3.65. The van der Waals surface area contributed by atoms with Gasteiger partial charge in [-0.1, -0.05) is 44.5 Å². The molecule has 3 rings (SSSR count). The Labute approximate surface area is 182 Å². The van der Waals surface area contributed by atoms with Crippen molar-refractivity contribution in [2.45, 2.75) is 46.1 Å². The second kappa shape index (κ2) is 8.23. The van der Waals surface area contributed by atoms with E-state index in [1.807, 2.05) is 38.1 Å². The molecule has 0 bridgehead atoms. The van der Waals surface area contributed by atoms with E-state index in [-0.39, 0.29) is 22.9 Å². The zero-order chi connectivity index (χ0) is 22.2. The Morgan fingerprint density at radius 1 is 1.17 bits per heavy atom. The van der Waals surface area contributed by atoms with E-state index in [0.717, 1.165) is 0 Å². The van der Waals surface area contributed by atoms with Crippen molar-refractivity contribution < 1.29 is 4.79 Å². The van der Waals surface area contributed by atoms with Crippen molar-refractivity contribution in [1.29, 1.82) is 0 Å². The molecule has 0 N–H and O–H groups in total. The number of carbonyl (C=O) groups is 1. The maximum Gasteiger partial charge on any atom is 0.261 e. The first-order valence-corrected chi connectivity index (χ1v) is 10.5. The molecule has 0 aliphatic heterocycles. The van der Waals surface area contributed by atoms with E-state index >= 15 is 0 Å². The predicted molar refractivity (Wildman–Crippen MR) is 122 cm³/mol. The van der Waals surface area contributed by atoms with Crippen LogP contribution in [0, 0.1) is 0 Å². The van der Waals surface area contributed by atoms with Crippen LogP contribution in [0.15, 0.2) is 47.3 Å². The minimum atomic E-state index is -0.383. The standard InChI is InChI=1S/C24H28ClN3O2/c1-7-28(22(29)16-8-10-17(11-9-16)24(3,4)5)15(2)21-26-20-14-18(25)12-13-19(20)23(30)27(21)6/h8-15H,7H2,1-6H3. The number of amides is 1. The van der Waals surface area contributed by atoms with E-state index in [9.17, 15) is 9.59 Å². The van der Waals surface area contributed by atoms with Crippen LogP contribution < -0.4 is 5.56 Å². The normalized spacial score (nSPS) is 12.8. The number of fused-ring (bicyclic) bond motifs is 1. The van der Waals surface area contributed by atoms with Gasteiger partial charge in [-0.3, -0.25) is 14.2 Å². The van der Waals surface area contributed by atoms with E-state index in [2.05, 4.69) is 25.8 Å².